The summed E-state index contributed by atoms with van der Waals surface area (Å²) in [4.78, 5) is 5.01. The van der Waals surface area contributed by atoms with Gasteiger partial charge in [-0.2, -0.15) is 8.78 Å². The zero-order valence-electron chi connectivity index (χ0n) is 12.7. The summed E-state index contributed by atoms with van der Waals surface area (Å²) < 4.78 is 34.5. The standard InChI is InChI=1S/C15H18ClF2NO3/c1-10(2)19-22-7-6-21-15-11(3)8-12(9-13(15)16)20-5-4-14(17)18/h4,8-9H,5-7H2,1-3H3. The average molecular weight is 334 g/mol. The highest BCUT2D eigenvalue weighted by Crippen LogP contribution is 2.33. The molecule has 0 saturated heterocycles. The van der Waals surface area contributed by atoms with E-state index in [1.807, 2.05) is 13.8 Å². The Morgan fingerprint density at radius 1 is 1.23 bits per heavy atom. The van der Waals surface area contributed by atoms with Gasteiger partial charge in [-0.1, -0.05) is 16.8 Å². The van der Waals surface area contributed by atoms with Crippen LogP contribution < -0.4 is 9.47 Å². The predicted molar refractivity (Wildman–Crippen MR) is 82.2 cm³/mol. The van der Waals surface area contributed by atoms with E-state index in [1.165, 1.54) is 6.07 Å². The summed E-state index contributed by atoms with van der Waals surface area (Å²) in [5.74, 6) is 0.900. The van der Waals surface area contributed by atoms with Crippen LogP contribution in [0.25, 0.3) is 0 Å². The molecule has 7 heteroatoms. The van der Waals surface area contributed by atoms with Gasteiger partial charge >= 0.3 is 0 Å². The highest BCUT2D eigenvalue weighted by atomic mass is 35.5. The Labute approximate surface area is 133 Å². The van der Waals surface area contributed by atoms with E-state index in [4.69, 9.17) is 25.9 Å². The summed E-state index contributed by atoms with van der Waals surface area (Å²) in [6, 6.07) is 3.18. The Morgan fingerprint density at radius 2 is 1.95 bits per heavy atom. The molecule has 0 heterocycles. The summed E-state index contributed by atoms with van der Waals surface area (Å²) in [5, 5.41) is 4.12. The number of rotatable bonds is 8. The molecule has 0 aromatic heterocycles. The topological polar surface area (TPSA) is 40.0 Å². The zero-order chi connectivity index (χ0) is 16.5. The highest BCUT2D eigenvalue weighted by Gasteiger charge is 2.09. The Hall–Kier alpha value is -1.82. The Bertz CT molecular complexity index is 531. The highest BCUT2D eigenvalue weighted by molar-refractivity contribution is 6.32. The van der Waals surface area contributed by atoms with Gasteiger partial charge in [0, 0.05) is 12.1 Å². The summed E-state index contributed by atoms with van der Waals surface area (Å²) in [6.45, 7) is 5.79. The van der Waals surface area contributed by atoms with Gasteiger partial charge in [-0.3, -0.25) is 0 Å². The van der Waals surface area contributed by atoms with Crippen LogP contribution in [0.4, 0.5) is 8.78 Å². The van der Waals surface area contributed by atoms with Crippen LogP contribution in [0.15, 0.2) is 29.4 Å². The van der Waals surface area contributed by atoms with Crippen LogP contribution in [0.5, 0.6) is 11.5 Å². The van der Waals surface area contributed by atoms with E-state index in [-0.39, 0.29) is 13.2 Å². The van der Waals surface area contributed by atoms with Crippen molar-refractivity contribution in [3.05, 3.63) is 34.9 Å². The molecule has 0 bridgehead atoms. The van der Waals surface area contributed by atoms with Gasteiger partial charge in [0.25, 0.3) is 6.08 Å². The average Bonchev–Trinajstić information content (AvgIpc) is 2.40. The molecular formula is C15H18ClF2NO3. The van der Waals surface area contributed by atoms with Gasteiger partial charge in [0.05, 0.1) is 10.7 Å². The number of halogens is 3. The molecule has 0 amide bonds. The quantitative estimate of drug-likeness (QED) is 0.396. The van der Waals surface area contributed by atoms with Crippen molar-refractivity contribution in [3.63, 3.8) is 0 Å². The first-order valence-electron chi connectivity index (χ1n) is 6.60. The van der Waals surface area contributed by atoms with Crippen LogP contribution >= 0.6 is 11.6 Å². The van der Waals surface area contributed by atoms with Crippen molar-refractivity contribution >= 4 is 17.3 Å². The lowest BCUT2D eigenvalue weighted by atomic mass is 10.2. The van der Waals surface area contributed by atoms with E-state index in [1.54, 1.807) is 13.0 Å². The number of benzene rings is 1. The second-order valence-corrected chi connectivity index (χ2v) is 4.98. The third-order valence-corrected chi connectivity index (χ3v) is 2.64. The smallest absolute Gasteiger partial charge is 0.269 e. The first-order chi connectivity index (χ1) is 10.4. The maximum atomic E-state index is 11.9. The molecule has 0 unspecified atom stereocenters. The molecule has 122 valence electrons. The molecule has 0 atom stereocenters. The van der Waals surface area contributed by atoms with E-state index < -0.39 is 6.08 Å². The Balaban J connectivity index is 2.58. The molecule has 0 N–H and O–H groups in total. The predicted octanol–water partition coefficient (Wildman–Crippen LogP) is 4.60. The van der Waals surface area contributed by atoms with Crippen molar-refractivity contribution in [2.24, 2.45) is 5.16 Å². The van der Waals surface area contributed by atoms with Crippen molar-refractivity contribution in [2.75, 3.05) is 19.8 Å². The van der Waals surface area contributed by atoms with Crippen molar-refractivity contribution in [3.8, 4) is 11.5 Å². The lowest BCUT2D eigenvalue weighted by Crippen LogP contribution is -2.06. The fraction of sp³-hybridized carbons (Fsp3) is 0.400. The molecule has 0 fully saturated rings. The van der Waals surface area contributed by atoms with Crippen LogP contribution in [0.3, 0.4) is 0 Å². The first-order valence-corrected chi connectivity index (χ1v) is 6.98. The van der Waals surface area contributed by atoms with Crippen LogP contribution in [0.1, 0.15) is 19.4 Å². The van der Waals surface area contributed by atoms with E-state index in [0.29, 0.717) is 29.2 Å². The largest absolute Gasteiger partial charge is 0.489 e. The van der Waals surface area contributed by atoms with Crippen LogP contribution in [0, 0.1) is 6.92 Å². The van der Waals surface area contributed by atoms with Gasteiger partial charge in [0.2, 0.25) is 0 Å². The maximum absolute atomic E-state index is 11.9. The van der Waals surface area contributed by atoms with Gasteiger partial charge in [0.15, 0.2) is 6.61 Å². The molecule has 4 nitrogen and oxygen atoms in total. The second-order valence-electron chi connectivity index (χ2n) is 4.58. The Morgan fingerprint density at radius 3 is 2.55 bits per heavy atom. The summed E-state index contributed by atoms with van der Waals surface area (Å²) >= 11 is 6.10. The molecule has 0 spiro atoms. The van der Waals surface area contributed by atoms with Crippen molar-refractivity contribution in [1.29, 1.82) is 0 Å². The first kappa shape index (κ1) is 18.2. The van der Waals surface area contributed by atoms with Gasteiger partial charge in [0.1, 0.15) is 24.7 Å². The molecule has 22 heavy (non-hydrogen) atoms. The van der Waals surface area contributed by atoms with Crippen molar-refractivity contribution in [1.82, 2.24) is 0 Å². The number of aryl methyl sites for hydroxylation is 1. The zero-order valence-corrected chi connectivity index (χ0v) is 13.4. The summed E-state index contributed by atoms with van der Waals surface area (Å²) in [7, 11) is 0. The van der Waals surface area contributed by atoms with Crippen LogP contribution in [-0.2, 0) is 4.84 Å². The van der Waals surface area contributed by atoms with Crippen molar-refractivity contribution < 1.29 is 23.1 Å². The minimum absolute atomic E-state index is 0.222. The SMILES string of the molecule is CC(C)=NOCCOc1c(C)cc(OCC=C(F)F)cc1Cl. The van der Waals surface area contributed by atoms with E-state index in [2.05, 4.69) is 5.16 Å². The lowest BCUT2D eigenvalue weighted by molar-refractivity contribution is 0.106. The third kappa shape index (κ3) is 6.76. The minimum atomic E-state index is -1.78. The number of oxime groups is 1. The lowest BCUT2D eigenvalue weighted by Gasteiger charge is -2.12. The number of hydrogen-bond donors (Lipinski definition) is 0. The maximum Gasteiger partial charge on any atom is 0.269 e. The molecule has 0 saturated carbocycles. The molecular weight excluding hydrogens is 316 g/mol. The Kier molecular flexibility index (Phi) is 7.66. The number of ether oxygens (including phenoxy) is 2. The van der Waals surface area contributed by atoms with Crippen molar-refractivity contribution in [2.45, 2.75) is 20.8 Å². The minimum Gasteiger partial charge on any atom is -0.489 e. The third-order valence-electron chi connectivity index (χ3n) is 2.36. The molecule has 1 aromatic carbocycles. The van der Waals surface area contributed by atoms with Gasteiger partial charge in [-0.15, -0.1) is 0 Å². The van der Waals surface area contributed by atoms with E-state index in [0.717, 1.165) is 11.3 Å². The fourth-order valence-electron chi connectivity index (χ4n) is 1.52. The molecule has 0 radical (unpaired) electrons. The summed E-state index contributed by atoms with van der Waals surface area (Å²) in [6.07, 6.45) is -1.10. The van der Waals surface area contributed by atoms with E-state index in [9.17, 15) is 8.78 Å². The monoisotopic (exact) mass is 333 g/mol. The molecule has 0 aliphatic rings. The van der Waals surface area contributed by atoms with Gasteiger partial charge < -0.3 is 14.3 Å². The number of nitrogens with zero attached hydrogens (tertiary/aromatic N) is 1. The molecule has 0 aliphatic heterocycles. The molecule has 0 aliphatic carbocycles. The normalized spacial score (nSPS) is 9.91. The van der Waals surface area contributed by atoms with Crippen LogP contribution in [-0.4, -0.2) is 25.5 Å². The van der Waals surface area contributed by atoms with Gasteiger partial charge in [-0.05, 0) is 32.4 Å². The van der Waals surface area contributed by atoms with Gasteiger partial charge in [-0.25, -0.2) is 0 Å². The molecule has 1 aromatic rings. The fourth-order valence-corrected chi connectivity index (χ4v) is 1.83. The second kappa shape index (κ2) is 9.25. The molecule has 1 rings (SSSR count). The number of hydrogen-bond acceptors (Lipinski definition) is 4. The van der Waals surface area contributed by atoms with Crippen LogP contribution in [0.2, 0.25) is 5.02 Å². The summed E-state index contributed by atoms with van der Waals surface area (Å²) in [5.41, 5.74) is 1.55. The van der Waals surface area contributed by atoms with E-state index >= 15 is 0 Å².